The molecular formula is C16H15ClF2O. The van der Waals surface area contributed by atoms with Gasteiger partial charge in [0.1, 0.15) is 5.75 Å². The first-order valence-electron chi connectivity index (χ1n) is 6.33. The van der Waals surface area contributed by atoms with Crippen LogP contribution in [0.25, 0.3) is 0 Å². The van der Waals surface area contributed by atoms with Crippen LogP contribution in [-0.4, -0.2) is 0 Å². The summed E-state index contributed by atoms with van der Waals surface area (Å²) in [6, 6.07) is 9.54. The van der Waals surface area contributed by atoms with Gasteiger partial charge in [0.05, 0.1) is 0 Å². The molecule has 4 heteroatoms. The minimum Gasteiger partial charge on any atom is -0.451 e. The van der Waals surface area contributed by atoms with Gasteiger partial charge in [-0.2, -0.15) is 0 Å². The molecule has 0 bridgehead atoms. The Morgan fingerprint density at radius 1 is 1.10 bits per heavy atom. The van der Waals surface area contributed by atoms with Gasteiger partial charge < -0.3 is 4.74 Å². The molecule has 0 aliphatic heterocycles. The van der Waals surface area contributed by atoms with E-state index in [1.807, 2.05) is 19.9 Å². The van der Waals surface area contributed by atoms with Crippen molar-refractivity contribution in [2.75, 3.05) is 0 Å². The molecule has 0 fully saturated rings. The van der Waals surface area contributed by atoms with Crippen molar-refractivity contribution < 1.29 is 13.5 Å². The van der Waals surface area contributed by atoms with Gasteiger partial charge in [-0.05, 0) is 41.3 Å². The Labute approximate surface area is 122 Å². The highest BCUT2D eigenvalue weighted by atomic mass is 35.5. The second-order valence-corrected chi connectivity index (χ2v) is 5.12. The lowest BCUT2D eigenvalue weighted by Gasteiger charge is -2.11. The molecule has 0 heterocycles. The molecule has 0 N–H and O–H groups in total. The minimum atomic E-state index is -0.754. The Bertz CT molecular complexity index is 588. The van der Waals surface area contributed by atoms with Crippen LogP contribution in [0, 0.1) is 11.6 Å². The van der Waals surface area contributed by atoms with E-state index < -0.39 is 17.4 Å². The van der Waals surface area contributed by atoms with E-state index in [4.69, 9.17) is 16.3 Å². The largest absolute Gasteiger partial charge is 0.451 e. The van der Waals surface area contributed by atoms with Crippen LogP contribution in [0.15, 0.2) is 36.4 Å². The fourth-order valence-corrected chi connectivity index (χ4v) is 2.00. The minimum absolute atomic E-state index is 0.0525. The second-order valence-electron chi connectivity index (χ2n) is 4.85. The number of halogens is 3. The first kappa shape index (κ1) is 14.8. The normalized spacial score (nSPS) is 10.9. The quantitative estimate of drug-likeness (QED) is 0.665. The molecule has 20 heavy (non-hydrogen) atoms. The zero-order chi connectivity index (χ0) is 14.7. The summed E-state index contributed by atoms with van der Waals surface area (Å²) >= 11 is 5.56. The van der Waals surface area contributed by atoms with Gasteiger partial charge in [-0.15, -0.1) is 11.6 Å². The van der Waals surface area contributed by atoms with Gasteiger partial charge in [0.2, 0.25) is 0 Å². The lowest BCUT2D eigenvalue weighted by atomic mass is 10.0. The highest BCUT2D eigenvalue weighted by Gasteiger charge is 2.14. The molecule has 1 nitrogen and oxygen atoms in total. The highest BCUT2D eigenvalue weighted by Crippen LogP contribution is 2.30. The van der Waals surface area contributed by atoms with Gasteiger partial charge >= 0.3 is 0 Å². The Morgan fingerprint density at radius 2 is 1.75 bits per heavy atom. The van der Waals surface area contributed by atoms with Crippen LogP contribution in [0.4, 0.5) is 8.78 Å². The van der Waals surface area contributed by atoms with E-state index in [1.54, 1.807) is 18.2 Å². The summed E-state index contributed by atoms with van der Waals surface area (Å²) in [7, 11) is 0. The molecule has 0 unspecified atom stereocenters. The summed E-state index contributed by atoms with van der Waals surface area (Å²) < 4.78 is 33.0. The fourth-order valence-electron chi connectivity index (χ4n) is 1.84. The Hall–Kier alpha value is -1.61. The third kappa shape index (κ3) is 3.28. The molecule has 0 spiro atoms. The lowest BCUT2D eigenvalue weighted by molar-refractivity contribution is 0.406. The third-order valence-corrected chi connectivity index (χ3v) is 3.27. The van der Waals surface area contributed by atoms with Gasteiger partial charge in [0.15, 0.2) is 17.4 Å². The molecule has 0 aliphatic carbocycles. The first-order valence-corrected chi connectivity index (χ1v) is 6.86. The topological polar surface area (TPSA) is 9.23 Å². The van der Waals surface area contributed by atoms with E-state index in [0.29, 0.717) is 17.2 Å². The molecule has 0 saturated heterocycles. The predicted molar refractivity (Wildman–Crippen MR) is 76.5 cm³/mol. The zero-order valence-electron chi connectivity index (χ0n) is 11.3. The Morgan fingerprint density at radius 3 is 2.30 bits per heavy atom. The molecule has 106 valence electrons. The van der Waals surface area contributed by atoms with Crippen molar-refractivity contribution in [1.29, 1.82) is 0 Å². The average Bonchev–Trinajstić information content (AvgIpc) is 2.42. The monoisotopic (exact) mass is 296 g/mol. The van der Waals surface area contributed by atoms with Gasteiger partial charge in [0, 0.05) is 5.88 Å². The number of ether oxygens (including phenoxy) is 1. The molecule has 2 aromatic rings. The van der Waals surface area contributed by atoms with Gasteiger partial charge in [-0.25, -0.2) is 8.78 Å². The third-order valence-electron chi connectivity index (χ3n) is 2.96. The average molecular weight is 297 g/mol. The van der Waals surface area contributed by atoms with Crippen LogP contribution >= 0.6 is 11.6 Å². The second kappa shape index (κ2) is 6.23. The summed E-state index contributed by atoms with van der Waals surface area (Å²) in [6.45, 7) is 4.07. The number of hydrogen-bond acceptors (Lipinski definition) is 1. The summed E-state index contributed by atoms with van der Waals surface area (Å²) in [5.41, 5.74) is 1.42. The van der Waals surface area contributed by atoms with Crippen LogP contribution in [0.1, 0.15) is 30.9 Å². The Kier molecular flexibility index (Phi) is 4.61. The zero-order valence-corrected chi connectivity index (χ0v) is 12.0. The molecule has 0 radical (unpaired) electrons. The maximum absolute atomic E-state index is 13.8. The van der Waals surface area contributed by atoms with E-state index in [-0.39, 0.29) is 5.88 Å². The van der Waals surface area contributed by atoms with Crippen LogP contribution in [-0.2, 0) is 5.88 Å². The van der Waals surface area contributed by atoms with Gasteiger partial charge in [-0.3, -0.25) is 0 Å². The molecule has 0 aliphatic rings. The van der Waals surface area contributed by atoms with Crippen molar-refractivity contribution in [3.8, 4) is 11.5 Å². The van der Waals surface area contributed by atoms with Crippen molar-refractivity contribution in [2.45, 2.75) is 25.6 Å². The van der Waals surface area contributed by atoms with Crippen molar-refractivity contribution >= 4 is 11.6 Å². The number of rotatable bonds is 4. The van der Waals surface area contributed by atoms with Crippen LogP contribution in [0.2, 0.25) is 0 Å². The maximum atomic E-state index is 13.8. The SMILES string of the molecule is CC(C)c1cccc(Oc2c(F)cc(CCl)cc2F)c1. The van der Waals surface area contributed by atoms with Crippen molar-refractivity contribution in [3.05, 3.63) is 59.2 Å². The van der Waals surface area contributed by atoms with Crippen molar-refractivity contribution in [2.24, 2.45) is 0 Å². The smallest absolute Gasteiger partial charge is 0.198 e. The van der Waals surface area contributed by atoms with E-state index in [2.05, 4.69) is 0 Å². The van der Waals surface area contributed by atoms with E-state index in [0.717, 1.165) is 5.56 Å². The van der Waals surface area contributed by atoms with Crippen LogP contribution in [0.3, 0.4) is 0 Å². The van der Waals surface area contributed by atoms with Crippen molar-refractivity contribution in [3.63, 3.8) is 0 Å². The lowest BCUT2D eigenvalue weighted by Crippen LogP contribution is -1.96. The predicted octanol–water partition coefficient (Wildman–Crippen LogP) is 5.62. The molecule has 0 aromatic heterocycles. The molecule has 2 rings (SSSR count). The standard InChI is InChI=1S/C16H15ClF2O/c1-10(2)12-4-3-5-13(8-12)20-16-14(18)6-11(9-17)7-15(16)19/h3-8,10H,9H2,1-2H3. The van der Waals surface area contributed by atoms with Crippen LogP contribution < -0.4 is 4.74 Å². The summed E-state index contributed by atoms with van der Waals surface area (Å²) in [5.74, 6) is -1.14. The fraction of sp³-hybridized carbons (Fsp3) is 0.250. The van der Waals surface area contributed by atoms with Crippen molar-refractivity contribution in [1.82, 2.24) is 0 Å². The van der Waals surface area contributed by atoms with Gasteiger partial charge in [-0.1, -0.05) is 26.0 Å². The molecular weight excluding hydrogens is 282 g/mol. The summed E-state index contributed by atoms with van der Waals surface area (Å²) in [5, 5.41) is 0. The summed E-state index contributed by atoms with van der Waals surface area (Å²) in [6.07, 6.45) is 0. The Balaban J connectivity index is 2.32. The van der Waals surface area contributed by atoms with E-state index >= 15 is 0 Å². The van der Waals surface area contributed by atoms with E-state index in [1.165, 1.54) is 12.1 Å². The molecule has 0 atom stereocenters. The highest BCUT2D eigenvalue weighted by molar-refractivity contribution is 6.17. The number of hydrogen-bond donors (Lipinski definition) is 0. The number of alkyl halides is 1. The van der Waals surface area contributed by atoms with Gasteiger partial charge in [0.25, 0.3) is 0 Å². The number of benzene rings is 2. The molecule has 0 amide bonds. The van der Waals surface area contributed by atoms with Crippen LogP contribution in [0.5, 0.6) is 11.5 Å². The molecule has 2 aromatic carbocycles. The van der Waals surface area contributed by atoms with E-state index in [9.17, 15) is 8.78 Å². The maximum Gasteiger partial charge on any atom is 0.198 e. The first-order chi connectivity index (χ1) is 9.51. The molecule has 0 saturated carbocycles. The summed E-state index contributed by atoms with van der Waals surface area (Å²) in [4.78, 5) is 0.